The fourth-order valence-corrected chi connectivity index (χ4v) is 4.49. The van der Waals surface area contributed by atoms with Crippen molar-refractivity contribution in [1.29, 1.82) is 0 Å². The Bertz CT molecular complexity index is 1030. The smallest absolute Gasteiger partial charge is 0.260 e. The number of rotatable bonds is 7. The van der Waals surface area contributed by atoms with Crippen LogP contribution in [0.3, 0.4) is 0 Å². The minimum absolute atomic E-state index is 0.107. The Hall–Kier alpha value is -2.38. The molecule has 29 heavy (non-hydrogen) atoms. The lowest BCUT2D eigenvalue weighted by Gasteiger charge is -2.24. The van der Waals surface area contributed by atoms with Crippen LogP contribution in [0.4, 0.5) is 13.9 Å². The van der Waals surface area contributed by atoms with Gasteiger partial charge in [0.2, 0.25) is 0 Å². The summed E-state index contributed by atoms with van der Waals surface area (Å²) in [5.41, 5.74) is 3.15. The zero-order valence-electron chi connectivity index (χ0n) is 17.1. The molecule has 0 fully saturated rings. The number of likely N-dealkylation sites (N-methyl/N-ethyl adjacent to an activating group) is 1. The largest absolute Gasteiger partial charge is 0.302 e. The lowest BCUT2D eigenvalue weighted by molar-refractivity contribution is 0.0983. The van der Waals surface area contributed by atoms with Gasteiger partial charge in [-0.25, -0.2) is 13.8 Å². The van der Waals surface area contributed by atoms with E-state index in [1.165, 1.54) is 17.4 Å². The average molecular weight is 418 g/mol. The zero-order chi connectivity index (χ0) is 21.1. The highest BCUT2D eigenvalue weighted by Crippen LogP contribution is 2.32. The Morgan fingerprint density at radius 3 is 2.41 bits per heavy atom. The molecule has 1 aromatic heterocycles. The molecular formula is C22H25F2N3OS. The van der Waals surface area contributed by atoms with Gasteiger partial charge in [-0.3, -0.25) is 9.69 Å². The third kappa shape index (κ3) is 4.62. The fourth-order valence-electron chi connectivity index (χ4n) is 3.32. The van der Waals surface area contributed by atoms with E-state index in [1.54, 1.807) is 4.90 Å². The number of aromatic nitrogens is 1. The number of nitrogens with zero attached hydrogens (tertiary/aromatic N) is 3. The summed E-state index contributed by atoms with van der Waals surface area (Å²) in [6, 6.07) is 7.35. The number of fused-ring (bicyclic) bond motifs is 1. The Balaban J connectivity index is 2.01. The molecule has 0 aliphatic carbocycles. The van der Waals surface area contributed by atoms with Crippen LogP contribution in [0.15, 0.2) is 30.3 Å². The third-order valence-electron chi connectivity index (χ3n) is 5.00. The molecule has 0 saturated carbocycles. The molecule has 3 aromatic rings. The second-order valence-corrected chi connectivity index (χ2v) is 8.05. The van der Waals surface area contributed by atoms with Crippen LogP contribution in [-0.4, -0.2) is 42.0 Å². The van der Waals surface area contributed by atoms with Gasteiger partial charge in [0.15, 0.2) is 16.8 Å². The van der Waals surface area contributed by atoms with Crippen molar-refractivity contribution >= 4 is 32.6 Å². The van der Waals surface area contributed by atoms with Crippen molar-refractivity contribution in [2.75, 3.05) is 31.1 Å². The highest BCUT2D eigenvalue weighted by atomic mass is 32.1. The molecule has 0 aliphatic heterocycles. The van der Waals surface area contributed by atoms with Gasteiger partial charge in [-0.1, -0.05) is 31.3 Å². The highest BCUT2D eigenvalue weighted by molar-refractivity contribution is 7.22. The molecule has 0 N–H and O–H groups in total. The van der Waals surface area contributed by atoms with Gasteiger partial charge in [-0.15, -0.1) is 0 Å². The van der Waals surface area contributed by atoms with Crippen LogP contribution in [0.1, 0.15) is 35.3 Å². The van der Waals surface area contributed by atoms with E-state index < -0.39 is 11.6 Å². The maximum absolute atomic E-state index is 13.7. The van der Waals surface area contributed by atoms with Crippen LogP contribution in [0.2, 0.25) is 0 Å². The zero-order valence-corrected chi connectivity index (χ0v) is 17.9. The molecule has 0 radical (unpaired) electrons. The SMILES string of the molecule is CCN(CC)CCN(C(=O)c1ccc(F)c(F)c1)c1nc2c(C)cc(C)cc2s1. The van der Waals surface area contributed by atoms with Crippen LogP contribution < -0.4 is 4.90 Å². The number of carbonyl (C=O) groups is 1. The average Bonchev–Trinajstić information content (AvgIpc) is 3.11. The first-order chi connectivity index (χ1) is 13.8. The van der Waals surface area contributed by atoms with E-state index in [2.05, 4.69) is 24.8 Å². The second kappa shape index (κ2) is 8.97. The summed E-state index contributed by atoms with van der Waals surface area (Å²) in [4.78, 5) is 21.7. The molecule has 0 unspecified atom stereocenters. The van der Waals surface area contributed by atoms with Crippen molar-refractivity contribution in [3.05, 3.63) is 58.7 Å². The molecular weight excluding hydrogens is 392 g/mol. The van der Waals surface area contributed by atoms with Crippen molar-refractivity contribution in [1.82, 2.24) is 9.88 Å². The number of anilines is 1. The number of halogens is 2. The summed E-state index contributed by atoms with van der Waals surface area (Å²) >= 11 is 1.44. The van der Waals surface area contributed by atoms with Gasteiger partial charge in [0.1, 0.15) is 0 Å². The minimum atomic E-state index is -1.03. The van der Waals surface area contributed by atoms with Crippen molar-refractivity contribution in [2.45, 2.75) is 27.7 Å². The molecule has 3 rings (SSSR count). The molecule has 0 aliphatic rings. The molecule has 0 spiro atoms. The Morgan fingerprint density at radius 1 is 1.03 bits per heavy atom. The lowest BCUT2D eigenvalue weighted by Crippen LogP contribution is -2.39. The van der Waals surface area contributed by atoms with Crippen molar-refractivity contribution < 1.29 is 13.6 Å². The molecule has 2 aromatic carbocycles. The number of carbonyl (C=O) groups excluding carboxylic acids is 1. The molecule has 0 saturated heterocycles. The number of aryl methyl sites for hydroxylation is 2. The minimum Gasteiger partial charge on any atom is -0.302 e. The predicted octanol–water partition coefficient (Wildman–Crippen LogP) is 5.18. The molecule has 1 amide bonds. The van der Waals surface area contributed by atoms with Gasteiger partial charge in [-0.05, 0) is 62.3 Å². The summed E-state index contributed by atoms with van der Waals surface area (Å²) in [6.45, 7) is 11.0. The Labute approximate surface area is 173 Å². The molecule has 154 valence electrons. The van der Waals surface area contributed by atoms with E-state index >= 15 is 0 Å². The maximum atomic E-state index is 13.7. The summed E-state index contributed by atoms with van der Waals surface area (Å²) in [6.07, 6.45) is 0. The normalized spacial score (nSPS) is 11.4. The molecule has 7 heteroatoms. The van der Waals surface area contributed by atoms with Crippen LogP contribution >= 0.6 is 11.3 Å². The monoisotopic (exact) mass is 417 g/mol. The Morgan fingerprint density at radius 2 is 1.76 bits per heavy atom. The van der Waals surface area contributed by atoms with E-state index in [4.69, 9.17) is 4.98 Å². The first kappa shape index (κ1) is 21.3. The standard InChI is InChI=1S/C22H25F2N3OS/c1-5-26(6-2)9-10-27(21(28)16-7-8-17(23)18(24)13-16)22-25-20-15(4)11-14(3)12-19(20)29-22/h7-8,11-13H,5-6,9-10H2,1-4H3. The maximum Gasteiger partial charge on any atom is 0.260 e. The van der Waals surface area contributed by atoms with Crippen LogP contribution in [0.5, 0.6) is 0 Å². The summed E-state index contributed by atoms with van der Waals surface area (Å²) in [5, 5.41) is 0.565. The second-order valence-electron chi connectivity index (χ2n) is 7.04. The fraction of sp³-hybridized carbons (Fsp3) is 0.364. The molecule has 0 bridgehead atoms. The van der Waals surface area contributed by atoms with E-state index in [0.29, 0.717) is 18.2 Å². The van der Waals surface area contributed by atoms with Crippen molar-refractivity contribution in [3.63, 3.8) is 0 Å². The van der Waals surface area contributed by atoms with Crippen LogP contribution in [0.25, 0.3) is 10.2 Å². The quantitative estimate of drug-likeness (QED) is 0.531. The first-order valence-electron chi connectivity index (χ1n) is 9.71. The highest BCUT2D eigenvalue weighted by Gasteiger charge is 2.23. The van der Waals surface area contributed by atoms with Crippen molar-refractivity contribution in [3.8, 4) is 0 Å². The number of hydrogen-bond donors (Lipinski definition) is 0. The first-order valence-corrected chi connectivity index (χ1v) is 10.5. The van der Waals surface area contributed by atoms with E-state index in [0.717, 1.165) is 46.6 Å². The predicted molar refractivity (Wildman–Crippen MR) is 115 cm³/mol. The lowest BCUT2D eigenvalue weighted by atomic mass is 10.1. The van der Waals surface area contributed by atoms with Crippen LogP contribution in [-0.2, 0) is 0 Å². The van der Waals surface area contributed by atoms with Crippen molar-refractivity contribution in [2.24, 2.45) is 0 Å². The third-order valence-corrected chi connectivity index (χ3v) is 6.02. The Kier molecular flexibility index (Phi) is 6.59. The van der Waals surface area contributed by atoms with E-state index in [9.17, 15) is 13.6 Å². The summed E-state index contributed by atoms with van der Waals surface area (Å²) in [5.74, 6) is -2.39. The van der Waals surface area contributed by atoms with Gasteiger partial charge < -0.3 is 4.90 Å². The number of benzene rings is 2. The van der Waals surface area contributed by atoms with Gasteiger partial charge in [0.25, 0.3) is 5.91 Å². The van der Waals surface area contributed by atoms with E-state index in [1.807, 2.05) is 19.9 Å². The van der Waals surface area contributed by atoms with Gasteiger partial charge in [0.05, 0.1) is 10.2 Å². The van der Waals surface area contributed by atoms with Crippen LogP contribution in [0, 0.1) is 25.5 Å². The number of hydrogen-bond acceptors (Lipinski definition) is 4. The molecule has 0 atom stereocenters. The molecule has 1 heterocycles. The summed E-state index contributed by atoms with van der Waals surface area (Å²) in [7, 11) is 0. The van der Waals surface area contributed by atoms with Gasteiger partial charge in [-0.2, -0.15) is 0 Å². The van der Waals surface area contributed by atoms with Gasteiger partial charge in [0, 0.05) is 18.7 Å². The van der Waals surface area contributed by atoms with Gasteiger partial charge >= 0.3 is 0 Å². The molecule has 4 nitrogen and oxygen atoms in total. The van der Waals surface area contributed by atoms with E-state index in [-0.39, 0.29) is 11.5 Å². The summed E-state index contributed by atoms with van der Waals surface area (Å²) < 4.78 is 28.1. The number of amides is 1. The topological polar surface area (TPSA) is 36.4 Å². The number of thiazole rings is 1.